The van der Waals surface area contributed by atoms with Crippen molar-refractivity contribution in [3.05, 3.63) is 71.6 Å². The maximum atomic E-state index is 10.9. The first kappa shape index (κ1) is 25.3. The van der Waals surface area contributed by atoms with E-state index in [0.29, 0.717) is 37.2 Å². The molecule has 3 N–H and O–H groups in total. The number of benzene rings is 2. The number of hydrogen-bond acceptors (Lipinski definition) is 5. The molecular formula is C25H34N3O4P. The summed E-state index contributed by atoms with van der Waals surface area (Å²) in [5.41, 5.74) is 3.27. The molecule has 3 aromatic rings. The molecule has 178 valence electrons. The van der Waals surface area contributed by atoms with Crippen LogP contribution >= 0.6 is 7.60 Å². The smallest absolute Gasteiger partial charge is 0.325 e. The Bertz CT molecular complexity index is 1000. The van der Waals surface area contributed by atoms with Gasteiger partial charge in [-0.15, -0.1) is 10.2 Å². The van der Waals surface area contributed by atoms with Crippen LogP contribution in [-0.4, -0.2) is 32.7 Å². The van der Waals surface area contributed by atoms with Crippen molar-refractivity contribution < 1.29 is 18.8 Å². The van der Waals surface area contributed by atoms with Crippen LogP contribution in [0, 0.1) is 0 Å². The Morgan fingerprint density at radius 1 is 1.00 bits per heavy atom. The quantitative estimate of drug-likeness (QED) is 0.216. The average Bonchev–Trinajstić information content (AvgIpc) is 3.27. The second kappa shape index (κ2) is 12.8. The van der Waals surface area contributed by atoms with E-state index in [-0.39, 0.29) is 6.16 Å². The standard InChI is InChI=1S/C25H34N3O4P/c1-2-3-5-11-23(21-9-6-4-7-10-21)18-24-27-28-25(32-24)22-14-12-20(13-15-22)19-26-16-8-17-33(29,30)31/h4,6-7,9-10,12-15,23,26H,2-3,5,8,11,16-19H2,1H3,(H2,29,30,31). The Morgan fingerprint density at radius 2 is 1.76 bits per heavy atom. The molecule has 1 atom stereocenters. The Morgan fingerprint density at radius 3 is 2.45 bits per heavy atom. The fourth-order valence-corrected chi connectivity index (χ4v) is 4.39. The van der Waals surface area contributed by atoms with Gasteiger partial charge in [-0.25, -0.2) is 0 Å². The molecule has 2 aromatic carbocycles. The van der Waals surface area contributed by atoms with E-state index in [4.69, 9.17) is 14.2 Å². The van der Waals surface area contributed by atoms with Gasteiger partial charge in [0.15, 0.2) is 0 Å². The molecule has 3 rings (SSSR count). The molecule has 0 saturated carbocycles. The highest BCUT2D eigenvalue weighted by atomic mass is 31.2. The number of rotatable bonds is 14. The summed E-state index contributed by atoms with van der Waals surface area (Å²) in [5.74, 6) is 1.54. The molecule has 0 aliphatic carbocycles. The number of hydrogen-bond donors (Lipinski definition) is 3. The first-order valence-corrected chi connectivity index (χ1v) is 13.5. The van der Waals surface area contributed by atoms with Crippen molar-refractivity contribution in [1.29, 1.82) is 0 Å². The molecule has 33 heavy (non-hydrogen) atoms. The highest BCUT2D eigenvalue weighted by molar-refractivity contribution is 7.51. The molecule has 1 heterocycles. The van der Waals surface area contributed by atoms with E-state index in [1.807, 2.05) is 30.3 Å². The summed E-state index contributed by atoms with van der Waals surface area (Å²) >= 11 is 0. The van der Waals surface area contributed by atoms with Gasteiger partial charge in [0, 0.05) is 18.5 Å². The molecule has 0 fully saturated rings. The van der Waals surface area contributed by atoms with Crippen LogP contribution in [-0.2, 0) is 17.5 Å². The third-order valence-electron chi connectivity index (χ3n) is 5.65. The van der Waals surface area contributed by atoms with E-state index in [2.05, 4.69) is 46.7 Å². The maximum absolute atomic E-state index is 10.9. The lowest BCUT2D eigenvalue weighted by atomic mass is 9.90. The van der Waals surface area contributed by atoms with Gasteiger partial charge in [-0.1, -0.05) is 68.7 Å². The zero-order chi connectivity index (χ0) is 23.5. The largest absolute Gasteiger partial charge is 0.421 e. The van der Waals surface area contributed by atoms with Crippen molar-refractivity contribution >= 4 is 7.60 Å². The van der Waals surface area contributed by atoms with Gasteiger partial charge in [0.25, 0.3) is 0 Å². The highest BCUT2D eigenvalue weighted by Gasteiger charge is 2.17. The lowest BCUT2D eigenvalue weighted by Gasteiger charge is -2.15. The summed E-state index contributed by atoms with van der Waals surface area (Å²) in [4.78, 5) is 17.8. The van der Waals surface area contributed by atoms with Crippen LogP contribution in [0.5, 0.6) is 0 Å². The number of nitrogens with zero attached hydrogens (tertiary/aromatic N) is 2. The van der Waals surface area contributed by atoms with Crippen molar-refractivity contribution in [1.82, 2.24) is 15.5 Å². The van der Waals surface area contributed by atoms with Gasteiger partial charge < -0.3 is 19.5 Å². The van der Waals surface area contributed by atoms with E-state index in [1.54, 1.807) is 0 Å². The monoisotopic (exact) mass is 471 g/mol. The van der Waals surface area contributed by atoms with E-state index < -0.39 is 7.60 Å². The predicted molar refractivity (Wildman–Crippen MR) is 130 cm³/mol. The molecule has 1 aromatic heterocycles. The van der Waals surface area contributed by atoms with Crippen LogP contribution in [0.2, 0.25) is 0 Å². The highest BCUT2D eigenvalue weighted by Crippen LogP contribution is 2.34. The van der Waals surface area contributed by atoms with E-state index in [1.165, 1.54) is 24.8 Å². The number of aromatic nitrogens is 2. The SMILES string of the molecule is CCCCCC(Cc1nnc(-c2ccc(CNCCCP(=O)(O)O)cc2)o1)c1ccccc1. The predicted octanol–water partition coefficient (Wildman–Crippen LogP) is 5.30. The molecule has 8 heteroatoms. The Balaban J connectivity index is 1.55. The minimum atomic E-state index is -3.91. The molecule has 0 aliphatic heterocycles. The van der Waals surface area contributed by atoms with Gasteiger partial charge in [-0.05, 0) is 48.6 Å². The molecule has 0 spiro atoms. The van der Waals surface area contributed by atoms with Crippen LogP contribution in [0.1, 0.15) is 62.0 Å². The molecule has 0 radical (unpaired) electrons. The van der Waals surface area contributed by atoms with Crippen LogP contribution in [0.4, 0.5) is 0 Å². The summed E-state index contributed by atoms with van der Waals surface area (Å²) in [6.07, 6.45) is 5.79. The van der Waals surface area contributed by atoms with Crippen molar-refractivity contribution in [3.8, 4) is 11.5 Å². The van der Waals surface area contributed by atoms with Gasteiger partial charge in [0.2, 0.25) is 11.8 Å². The lowest BCUT2D eigenvalue weighted by molar-refractivity contribution is 0.371. The summed E-state index contributed by atoms with van der Waals surface area (Å²) < 4.78 is 16.9. The zero-order valence-electron chi connectivity index (χ0n) is 19.2. The second-order valence-electron chi connectivity index (χ2n) is 8.42. The molecule has 0 bridgehead atoms. The van der Waals surface area contributed by atoms with Gasteiger partial charge in [-0.2, -0.15) is 0 Å². The normalized spacial score (nSPS) is 12.7. The summed E-state index contributed by atoms with van der Waals surface area (Å²) in [6.45, 7) is 3.41. The molecule has 0 saturated heterocycles. The van der Waals surface area contributed by atoms with E-state index >= 15 is 0 Å². The third-order valence-corrected chi connectivity index (χ3v) is 6.55. The Kier molecular flexibility index (Phi) is 9.82. The van der Waals surface area contributed by atoms with Crippen molar-refractivity contribution in [3.63, 3.8) is 0 Å². The van der Waals surface area contributed by atoms with Crippen molar-refractivity contribution in [2.75, 3.05) is 12.7 Å². The van der Waals surface area contributed by atoms with E-state index in [0.717, 1.165) is 24.0 Å². The third kappa shape index (κ3) is 8.86. The first-order valence-electron chi connectivity index (χ1n) is 11.7. The van der Waals surface area contributed by atoms with Crippen LogP contribution in [0.3, 0.4) is 0 Å². The number of nitrogens with one attached hydrogen (secondary N) is 1. The summed E-state index contributed by atoms with van der Waals surface area (Å²) in [6, 6.07) is 18.4. The maximum Gasteiger partial charge on any atom is 0.325 e. The average molecular weight is 472 g/mol. The lowest BCUT2D eigenvalue weighted by Crippen LogP contribution is -2.15. The zero-order valence-corrected chi connectivity index (χ0v) is 20.1. The van der Waals surface area contributed by atoms with Crippen LogP contribution < -0.4 is 5.32 Å². The molecule has 1 unspecified atom stereocenters. The fourth-order valence-electron chi connectivity index (χ4n) is 3.82. The van der Waals surface area contributed by atoms with Gasteiger partial charge in [-0.3, -0.25) is 4.57 Å². The topological polar surface area (TPSA) is 108 Å². The van der Waals surface area contributed by atoms with Gasteiger partial charge in [0.05, 0.1) is 6.16 Å². The molecule has 0 aliphatic rings. The fraction of sp³-hybridized carbons (Fsp3) is 0.440. The van der Waals surface area contributed by atoms with Crippen LogP contribution in [0.15, 0.2) is 59.0 Å². The molecule has 7 nitrogen and oxygen atoms in total. The minimum Gasteiger partial charge on any atom is -0.421 e. The minimum absolute atomic E-state index is 0.0951. The summed E-state index contributed by atoms with van der Waals surface area (Å²) in [5, 5.41) is 11.8. The molecule has 0 amide bonds. The second-order valence-corrected chi connectivity index (χ2v) is 10.2. The van der Waals surface area contributed by atoms with Gasteiger partial charge >= 0.3 is 7.60 Å². The summed E-state index contributed by atoms with van der Waals surface area (Å²) in [7, 11) is -3.91. The Hall–Kier alpha value is -2.31. The van der Waals surface area contributed by atoms with Gasteiger partial charge in [0.1, 0.15) is 0 Å². The number of unbranched alkanes of at least 4 members (excludes halogenated alkanes) is 2. The Labute approximate surface area is 195 Å². The molecular weight excluding hydrogens is 437 g/mol. The van der Waals surface area contributed by atoms with E-state index in [9.17, 15) is 4.57 Å². The first-order chi connectivity index (χ1) is 15.9. The van der Waals surface area contributed by atoms with Crippen molar-refractivity contribution in [2.45, 2.75) is 57.9 Å². The van der Waals surface area contributed by atoms with Crippen molar-refractivity contribution in [2.24, 2.45) is 0 Å². The van der Waals surface area contributed by atoms with Crippen LogP contribution in [0.25, 0.3) is 11.5 Å².